The first-order chi connectivity index (χ1) is 9.67. The van der Waals surface area contributed by atoms with E-state index in [1.807, 2.05) is 26.1 Å². The molecule has 1 aromatic heterocycles. The Morgan fingerprint density at radius 1 is 1.25 bits per heavy atom. The van der Waals surface area contributed by atoms with Crippen molar-refractivity contribution in [2.75, 3.05) is 13.7 Å². The van der Waals surface area contributed by atoms with E-state index in [1.165, 1.54) is 22.0 Å². The smallest absolute Gasteiger partial charge is 0.119 e. The molecule has 0 aliphatic heterocycles. The van der Waals surface area contributed by atoms with E-state index < -0.39 is 0 Å². The Bertz CT molecular complexity index is 536. The van der Waals surface area contributed by atoms with Gasteiger partial charge in [-0.3, -0.25) is 0 Å². The topological polar surface area (TPSA) is 47.0 Å². The highest BCUT2D eigenvalue weighted by Gasteiger charge is 2.21. The number of nitrogens with one attached hydrogen (secondary N) is 1. The van der Waals surface area contributed by atoms with Crippen molar-refractivity contribution in [3.63, 3.8) is 0 Å². The highest BCUT2D eigenvalue weighted by atomic mass is 32.1. The molecule has 0 aliphatic rings. The van der Waals surface area contributed by atoms with Crippen molar-refractivity contribution in [3.8, 4) is 5.75 Å². The molecule has 1 heterocycles. The zero-order valence-electron chi connectivity index (χ0n) is 12.4. The van der Waals surface area contributed by atoms with Crippen molar-refractivity contribution < 1.29 is 4.74 Å². The second-order valence-corrected chi connectivity index (χ2v) is 5.69. The van der Waals surface area contributed by atoms with Gasteiger partial charge in [-0.1, -0.05) is 30.5 Å². The minimum absolute atomic E-state index is 0.128. The summed E-state index contributed by atoms with van der Waals surface area (Å²) in [7, 11) is 1.96. The molecule has 1 atom stereocenters. The van der Waals surface area contributed by atoms with Crippen LogP contribution < -0.4 is 10.1 Å². The molecule has 0 spiro atoms. The van der Waals surface area contributed by atoms with Crippen LogP contribution in [0.3, 0.4) is 0 Å². The first-order valence-corrected chi connectivity index (χ1v) is 7.66. The Labute approximate surface area is 124 Å². The maximum Gasteiger partial charge on any atom is 0.119 e. The van der Waals surface area contributed by atoms with Crippen LogP contribution in [-0.2, 0) is 0 Å². The van der Waals surface area contributed by atoms with Crippen LogP contribution in [0.1, 0.15) is 48.9 Å². The van der Waals surface area contributed by atoms with Crippen LogP contribution >= 0.6 is 11.5 Å². The zero-order chi connectivity index (χ0) is 14.5. The lowest BCUT2D eigenvalue weighted by atomic mass is 10.0. The minimum atomic E-state index is 0.128. The maximum atomic E-state index is 5.48. The Morgan fingerprint density at radius 3 is 2.50 bits per heavy atom. The lowest BCUT2D eigenvalue weighted by molar-refractivity contribution is 0.340. The summed E-state index contributed by atoms with van der Waals surface area (Å²) in [6, 6.07) is 8.33. The molecule has 0 amide bonds. The third-order valence-electron chi connectivity index (χ3n) is 3.16. The van der Waals surface area contributed by atoms with Crippen molar-refractivity contribution >= 4 is 11.5 Å². The van der Waals surface area contributed by atoms with E-state index in [9.17, 15) is 0 Å². The molecule has 0 aliphatic carbocycles. The van der Waals surface area contributed by atoms with Crippen LogP contribution in [0.5, 0.6) is 5.75 Å². The molecular formula is C15H21N3OS. The standard InChI is InChI=1S/C15H21N3OS/c1-5-19-12-8-6-11(7-9-12)14(16-4)15-13(10(2)3)17-18-20-15/h6-10,14,16H,5H2,1-4H3. The average molecular weight is 291 g/mol. The molecule has 1 aromatic carbocycles. The van der Waals surface area contributed by atoms with Gasteiger partial charge in [0.05, 0.1) is 23.2 Å². The van der Waals surface area contributed by atoms with Gasteiger partial charge >= 0.3 is 0 Å². The monoisotopic (exact) mass is 291 g/mol. The molecule has 4 nitrogen and oxygen atoms in total. The molecule has 0 saturated carbocycles. The third kappa shape index (κ3) is 3.16. The summed E-state index contributed by atoms with van der Waals surface area (Å²) in [4.78, 5) is 1.19. The predicted octanol–water partition coefficient (Wildman–Crippen LogP) is 3.37. The van der Waals surface area contributed by atoms with Gasteiger partial charge in [-0.2, -0.15) is 0 Å². The van der Waals surface area contributed by atoms with E-state index in [1.54, 1.807) is 0 Å². The molecule has 5 heteroatoms. The lowest BCUT2D eigenvalue weighted by Crippen LogP contribution is -2.18. The summed E-state index contributed by atoms with van der Waals surface area (Å²) in [6.45, 7) is 6.96. The molecule has 0 saturated heterocycles. The highest BCUT2D eigenvalue weighted by molar-refractivity contribution is 7.05. The number of benzene rings is 1. The minimum Gasteiger partial charge on any atom is -0.494 e. The second kappa shape index (κ2) is 6.81. The first-order valence-electron chi connectivity index (χ1n) is 6.89. The normalized spacial score (nSPS) is 12.7. The second-order valence-electron chi connectivity index (χ2n) is 4.90. The van der Waals surface area contributed by atoms with Crippen molar-refractivity contribution in [1.29, 1.82) is 0 Å². The van der Waals surface area contributed by atoms with Crippen molar-refractivity contribution in [2.45, 2.75) is 32.7 Å². The summed E-state index contributed by atoms with van der Waals surface area (Å²) in [5.41, 5.74) is 2.27. The number of hydrogen-bond donors (Lipinski definition) is 1. The number of hydrogen-bond acceptors (Lipinski definition) is 5. The number of nitrogens with zero attached hydrogens (tertiary/aromatic N) is 2. The van der Waals surface area contributed by atoms with Crippen LogP contribution in [0.25, 0.3) is 0 Å². The SMILES string of the molecule is CCOc1ccc(C(NC)c2snnc2C(C)C)cc1. The van der Waals surface area contributed by atoms with E-state index in [2.05, 4.69) is 40.9 Å². The molecule has 2 aromatic rings. The number of aromatic nitrogens is 2. The van der Waals surface area contributed by atoms with Crippen molar-refractivity contribution in [2.24, 2.45) is 0 Å². The summed E-state index contributed by atoms with van der Waals surface area (Å²) in [5, 5.41) is 7.62. The number of rotatable bonds is 6. The Balaban J connectivity index is 2.29. The van der Waals surface area contributed by atoms with E-state index in [0.29, 0.717) is 12.5 Å². The Hall–Kier alpha value is -1.46. The van der Waals surface area contributed by atoms with Crippen LogP contribution in [0.15, 0.2) is 24.3 Å². The largest absolute Gasteiger partial charge is 0.494 e. The molecule has 20 heavy (non-hydrogen) atoms. The molecule has 1 unspecified atom stereocenters. The molecule has 2 rings (SSSR count). The van der Waals surface area contributed by atoms with Gasteiger partial charge in [0.15, 0.2) is 0 Å². The van der Waals surface area contributed by atoms with E-state index >= 15 is 0 Å². The van der Waals surface area contributed by atoms with E-state index in [4.69, 9.17) is 4.74 Å². The molecule has 0 bridgehead atoms. The van der Waals surface area contributed by atoms with Crippen molar-refractivity contribution in [1.82, 2.24) is 14.9 Å². The Kier molecular flexibility index (Phi) is 5.09. The number of ether oxygens (including phenoxy) is 1. The van der Waals surface area contributed by atoms with Crippen LogP contribution in [0.2, 0.25) is 0 Å². The average Bonchev–Trinajstić information content (AvgIpc) is 2.91. The fourth-order valence-electron chi connectivity index (χ4n) is 2.18. The van der Waals surface area contributed by atoms with Gasteiger partial charge in [0.2, 0.25) is 0 Å². The zero-order valence-corrected chi connectivity index (χ0v) is 13.2. The summed E-state index contributed by atoms with van der Waals surface area (Å²) < 4.78 is 9.60. The maximum absolute atomic E-state index is 5.48. The highest BCUT2D eigenvalue weighted by Crippen LogP contribution is 2.31. The quantitative estimate of drug-likeness (QED) is 0.886. The van der Waals surface area contributed by atoms with Gasteiger partial charge in [0, 0.05) is 0 Å². The molecule has 108 valence electrons. The summed E-state index contributed by atoms with van der Waals surface area (Å²) in [6.07, 6.45) is 0. The van der Waals surface area contributed by atoms with Gasteiger partial charge in [-0.15, -0.1) is 5.10 Å². The molecule has 0 radical (unpaired) electrons. The fourth-order valence-corrected chi connectivity index (χ4v) is 3.12. The van der Waals surface area contributed by atoms with Crippen LogP contribution in [0.4, 0.5) is 0 Å². The first kappa shape index (κ1) is 14.9. The van der Waals surface area contributed by atoms with Crippen molar-refractivity contribution in [3.05, 3.63) is 40.4 Å². The van der Waals surface area contributed by atoms with Crippen LogP contribution in [0, 0.1) is 0 Å². The molecule has 1 N–H and O–H groups in total. The molecular weight excluding hydrogens is 270 g/mol. The molecule has 0 fully saturated rings. The van der Waals surface area contributed by atoms with E-state index in [0.717, 1.165) is 11.4 Å². The van der Waals surface area contributed by atoms with Gasteiger partial charge in [-0.05, 0) is 49.1 Å². The predicted molar refractivity (Wildman–Crippen MR) is 82.5 cm³/mol. The lowest BCUT2D eigenvalue weighted by Gasteiger charge is -2.17. The van der Waals surface area contributed by atoms with Gasteiger partial charge < -0.3 is 10.1 Å². The Morgan fingerprint density at radius 2 is 1.95 bits per heavy atom. The third-order valence-corrected chi connectivity index (χ3v) is 3.97. The van der Waals surface area contributed by atoms with Crippen LogP contribution in [-0.4, -0.2) is 23.2 Å². The van der Waals surface area contributed by atoms with Gasteiger partial charge in [0.1, 0.15) is 5.75 Å². The summed E-state index contributed by atoms with van der Waals surface area (Å²) in [5.74, 6) is 1.28. The van der Waals surface area contributed by atoms with Gasteiger partial charge in [-0.25, -0.2) is 0 Å². The van der Waals surface area contributed by atoms with E-state index in [-0.39, 0.29) is 6.04 Å². The van der Waals surface area contributed by atoms with Gasteiger partial charge in [0.25, 0.3) is 0 Å². The summed E-state index contributed by atoms with van der Waals surface area (Å²) >= 11 is 1.46. The fraction of sp³-hybridized carbons (Fsp3) is 0.467.